The SMILES string of the molecule is C[C@H](N)c1ccccc1OCc1cccc(C(F)(F)F)c1. The summed E-state index contributed by atoms with van der Waals surface area (Å²) in [6.07, 6.45) is -4.35. The molecule has 21 heavy (non-hydrogen) atoms. The summed E-state index contributed by atoms with van der Waals surface area (Å²) in [4.78, 5) is 0. The molecule has 0 fully saturated rings. The van der Waals surface area contributed by atoms with Gasteiger partial charge in [-0.25, -0.2) is 0 Å². The minimum atomic E-state index is -4.35. The van der Waals surface area contributed by atoms with E-state index >= 15 is 0 Å². The number of halogens is 3. The fourth-order valence-electron chi connectivity index (χ4n) is 1.99. The van der Waals surface area contributed by atoms with Crippen molar-refractivity contribution in [1.29, 1.82) is 0 Å². The molecule has 2 rings (SSSR count). The van der Waals surface area contributed by atoms with Crippen LogP contribution in [0.5, 0.6) is 5.75 Å². The topological polar surface area (TPSA) is 35.2 Å². The lowest BCUT2D eigenvalue weighted by atomic mass is 10.1. The Bertz CT molecular complexity index is 608. The molecule has 0 aliphatic heterocycles. The van der Waals surface area contributed by atoms with Gasteiger partial charge in [-0.2, -0.15) is 13.2 Å². The number of nitrogens with two attached hydrogens (primary N) is 1. The average molecular weight is 295 g/mol. The van der Waals surface area contributed by atoms with Crippen LogP contribution in [0, 0.1) is 0 Å². The lowest BCUT2D eigenvalue weighted by Crippen LogP contribution is -2.09. The second kappa shape index (κ2) is 6.18. The molecule has 0 amide bonds. The Labute approximate surface area is 121 Å². The Balaban J connectivity index is 2.14. The Kier molecular flexibility index (Phi) is 4.53. The highest BCUT2D eigenvalue weighted by atomic mass is 19.4. The van der Waals surface area contributed by atoms with Crippen LogP contribution in [0.4, 0.5) is 13.2 Å². The van der Waals surface area contributed by atoms with E-state index in [1.54, 1.807) is 18.2 Å². The Morgan fingerprint density at radius 1 is 1.10 bits per heavy atom. The van der Waals surface area contributed by atoms with Crippen molar-refractivity contribution in [3.63, 3.8) is 0 Å². The molecule has 1 atom stereocenters. The molecule has 0 bridgehead atoms. The summed E-state index contributed by atoms with van der Waals surface area (Å²) in [6.45, 7) is 1.89. The van der Waals surface area contributed by atoms with Crippen molar-refractivity contribution >= 4 is 0 Å². The van der Waals surface area contributed by atoms with Gasteiger partial charge in [0.2, 0.25) is 0 Å². The minimum Gasteiger partial charge on any atom is -0.489 e. The van der Waals surface area contributed by atoms with E-state index in [0.29, 0.717) is 11.3 Å². The molecule has 112 valence electrons. The van der Waals surface area contributed by atoms with Gasteiger partial charge in [0.1, 0.15) is 12.4 Å². The van der Waals surface area contributed by atoms with Gasteiger partial charge < -0.3 is 10.5 Å². The first kappa shape index (κ1) is 15.4. The van der Waals surface area contributed by atoms with E-state index in [1.807, 2.05) is 19.1 Å². The van der Waals surface area contributed by atoms with Gasteiger partial charge >= 0.3 is 6.18 Å². The summed E-state index contributed by atoms with van der Waals surface area (Å²) >= 11 is 0. The van der Waals surface area contributed by atoms with E-state index in [4.69, 9.17) is 10.5 Å². The van der Waals surface area contributed by atoms with Gasteiger partial charge in [0, 0.05) is 11.6 Å². The third kappa shape index (κ3) is 3.98. The maximum absolute atomic E-state index is 12.6. The zero-order chi connectivity index (χ0) is 15.5. The van der Waals surface area contributed by atoms with Gasteiger partial charge in [-0.05, 0) is 30.7 Å². The highest BCUT2D eigenvalue weighted by molar-refractivity contribution is 5.36. The van der Waals surface area contributed by atoms with Crippen LogP contribution in [-0.4, -0.2) is 0 Å². The summed E-state index contributed by atoms with van der Waals surface area (Å²) < 4.78 is 43.5. The lowest BCUT2D eigenvalue weighted by molar-refractivity contribution is -0.137. The van der Waals surface area contributed by atoms with Gasteiger partial charge in [0.15, 0.2) is 0 Å². The Hall–Kier alpha value is -2.01. The summed E-state index contributed by atoms with van der Waals surface area (Å²) in [7, 11) is 0. The minimum absolute atomic E-state index is 0.0631. The molecule has 5 heteroatoms. The molecule has 0 heterocycles. The number of ether oxygens (including phenoxy) is 1. The monoisotopic (exact) mass is 295 g/mol. The summed E-state index contributed by atoms with van der Waals surface area (Å²) in [5.74, 6) is 0.588. The smallest absolute Gasteiger partial charge is 0.416 e. The molecule has 0 aromatic heterocycles. The molecule has 0 saturated carbocycles. The number of benzene rings is 2. The van der Waals surface area contributed by atoms with Crippen molar-refractivity contribution in [1.82, 2.24) is 0 Å². The van der Waals surface area contributed by atoms with Crippen LogP contribution in [0.2, 0.25) is 0 Å². The lowest BCUT2D eigenvalue weighted by Gasteiger charge is -2.14. The van der Waals surface area contributed by atoms with Crippen molar-refractivity contribution in [2.24, 2.45) is 5.73 Å². The fraction of sp³-hybridized carbons (Fsp3) is 0.250. The van der Waals surface area contributed by atoms with E-state index in [2.05, 4.69) is 0 Å². The molecule has 0 unspecified atom stereocenters. The largest absolute Gasteiger partial charge is 0.489 e. The number of rotatable bonds is 4. The zero-order valence-electron chi connectivity index (χ0n) is 11.5. The third-order valence-corrected chi connectivity index (χ3v) is 3.06. The molecule has 2 N–H and O–H groups in total. The second-order valence-electron chi connectivity index (χ2n) is 4.81. The highest BCUT2D eigenvalue weighted by Crippen LogP contribution is 2.30. The predicted molar refractivity (Wildman–Crippen MR) is 74.8 cm³/mol. The molecule has 2 aromatic carbocycles. The molecule has 0 aliphatic rings. The average Bonchev–Trinajstić information content (AvgIpc) is 2.45. The molecule has 0 aliphatic carbocycles. The van der Waals surface area contributed by atoms with Crippen LogP contribution < -0.4 is 10.5 Å². The summed E-state index contributed by atoms with van der Waals surface area (Å²) in [5.41, 5.74) is 6.45. The fourth-order valence-corrected chi connectivity index (χ4v) is 1.99. The van der Waals surface area contributed by atoms with Crippen LogP contribution >= 0.6 is 0 Å². The van der Waals surface area contributed by atoms with Crippen LogP contribution in [0.15, 0.2) is 48.5 Å². The van der Waals surface area contributed by atoms with Crippen molar-refractivity contribution in [2.75, 3.05) is 0 Å². The maximum Gasteiger partial charge on any atom is 0.416 e. The molecule has 2 aromatic rings. The predicted octanol–water partition coefficient (Wildman–Crippen LogP) is 4.30. The molecular weight excluding hydrogens is 279 g/mol. The van der Waals surface area contributed by atoms with E-state index in [1.165, 1.54) is 6.07 Å². The standard InChI is InChI=1S/C16H16F3NO/c1-11(20)14-7-2-3-8-15(14)21-10-12-5-4-6-13(9-12)16(17,18)19/h2-9,11H,10,20H2,1H3/t11-/m0/s1. The molecular formula is C16H16F3NO. The van der Waals surface area contributed by atoms with E-state index < -0.39 is 11.7 Å². The number of alkyl halides is 3. The van der Waals surface area contributed by atoms with Crippen molar-refractivity contribution in [2.45, 2.75) is 25.7 Å². The summed E-state index contributed by atoms with van der Waals surface area (Å²) in [6, 6.07) is 12.1. The Morgan fingerprint density at radius 2 is 1.81 bits per heavy atom. The number of hydrogen-bond donors (Lipinski definition) is 1. The molecule has 2 nitrogen and oxygen atoms in total. The van der Waals surface area contributed by atoms with Crippen LogP contribution in [-0.2, 0) is 12.8 Å². The zero-order valence-corrected chi connectivity index (χ0v) is 11.5. The van der Waals surface area contributed by atoms with Gasteiger partial charge in [0.25, 0.3) is 0 Å². The van der Waals surface area contributed by atoms with Crippen LogP contribution in [0.3, 0.4) is 0 Å². The van der Waals surface area contributed by atoms with E-state index in [0.717, 1.165) is 17.7 Å². The first-order valence-corrected chi connectivity index (χ1v) is 6.51. The number of para-hydroxylation sites is 1. The van der Waals surface area contributed by atoms with Gasteiger partial charge in [-0.3, -0.25) is 0 Å². The molecule has 0 saturated heterocycles. The molecule has 0 radical (unpaired) electrons. The van der Waals surface area contributed by atoms with Gasteiger partial charge in [-0.15, -0.1) is 0 Å². The maximum atomic E-state index is 12.6. The quantitative estimate of drug-likeness (QED) is 0.912. The summed E-state index contributed by atoms with van der Waals surface area (Å²) in [5, 5.41) is 0. The highest BCUT2D eigenvalue weighted by Gasteiger charge is 2.30. The van der Waals surface area contributed by atoms with Gasteiger partial charge in [-0.1, -0.05) is 30.3 Å². The first-order chi connectivity index (χ1) is 9.88. The Morgan fingerprint density at radius 3 is 2.48 bits per heavy atom. The van der Waals surface area contributed by atoms with Gasteiger partial charge in [0.05, 0.1) is 5.56 Å². The van der Waals surface area contributed by atoms with Crippen molar-refractivity contribution in [3.05, 3.63) is 65.2 Å². The molecule has 0 spiro atoms. The number of hydrogen-bond acceptors (Lipinski definition) is 2. The van der Waals surface area contributed by atoms with Crippen LogP contribution in [0.1, 0.15) is 29.7 Å². The van der Waals surface area contributed by atoms with Crippen LogP contribution in [0.25, 0.3) is 0 Å². The van der Waals surface area contributed by atoms with Crippen molar-refractivity contribution in [3.8, 4) is 5.75 Å². The third-order valence-electron chi connectivity index (χ3n) is 3.06. The first-order valence-electron chi connectivity index (χ1n) is 6.51. The van der Waals surface area contributed by atoms with E-state index in [9.17, 15) is 13.2 Å². The van der Waals surface area contributed by atoms with Crippen molar-refractivity contribution < 1.29 is 17.9 Å². The van der Waals surface area contributed by atoms with E-state index in [-0.39, 0.29) is 12.6 Å². The normalized spacial score (nSPS) is 13.0. The second-order valence-corrected chi connectivity index (χ2v) is 4.81.